The van der Waals surface area contributed by atoms with E-state index < -0.39 is 11.6 Å². The van der Waals surface area contributed by atoms with Gasteiger partial charge < -0.3 is 0 Å². The highest BCUT2D eigenvalue weighted by molar-refractivity contribution is 5.65. The molecule has 0 aliphatic heterocycles. The maximum Gasteiger partial charge on any atom is 0.129 e. The Morgan fingerprint density at radius 2 is 1.68 bits per heavy atom. The molecule has 0 aromatic heterocycles. The molecule has 1 atom stereocenters. The largest absolute Gasteiger partial charge is 0.207 e. The molecular weight excluding hydrogens is 242 g/mol. The topological polar surface area (TPSA) is 0 Å². The van der Waals surface area contributed by atoms with Crippen molar-refractivity contribution >= 4 is 5.57 Å². The summed E-state index contributed by atoms with van der Waals surface area (Å²) >= 11 is 0. The Kier molecular flexibility index (Phi) is 5.46. The van der Waals surface area contributed by atoms with Gasteiger partial charge in [0.2, 0.25) is 0 Å². The van der Waals surface area contributed by atoms with Crippen LogP contribution in [0.2, 0.25) is 0 Å². The van der Waals surface area contributed by atoms with Gasteiger partial charge in [0.1, 0.15) is 11.6 Å². The summed E-state index contributed by atoms with van der Waals surface area (Å²) in [5.41, 5.74) is 2.57. The predicted molar refractivity (Wildman–Crippen MR) is 78.0 cm³/mol. The molecule has 19 heavy (non-hydrogen) atoms. The fourth-order valence-electron chi connectivity index (χ4n) is 2.11. The summed E-state index contributed by atoms with van der Waals surface area (Å²) in [4.78, 5) is 0. The molecule has 0 heterocycles. The van der Waals surface area contributed by atoms with Crippen molar-refractivity contribution in [1.82, 2.24) is 0 Å². The molecule has 0 radical (unpaired) electrons. The minimum atomic E-state index is -0.486. The van der Waals surface area contributed by atoms with Gasteiger partial charge in [-0.15, -0.1) is 0 Å². The van der Waals surface area contributed by atoms with E-state index in [9.17, 15) is 8.78 Å². The van der Waals surface area contributed by atoms with Crippen molar-refractivity contribution in [3.63, 3.8) is 0 Å². The minimum Gasteiger partial charge on any atom is -0.207 e. The molecule has 0 bridgehead atoms. The summed E-state index contributed by atoms with van der Waals surface area (Å²) in [6.07, 6.45) is 2.07. The fourth-order valence-corrected chi connectivity index (χ4v) is 2.11. The van der Waals surface area contributed by atoms with Crippen molar-refractivity contribution in [3.05, 3.63) is 53.6 Å². The third-order valence-corrected chi connectivity index (χ3v) is 3.56. The summed E-state index contributed by atoms with van der Waals surface area (Å²) in [6.45, 7) is 13.7. The van der Waals surface area contributed by atoms with Crippen LogP contribution in [-0.2, 0) is 6.42 Å². The van der Waals surface area contributed by atoms with Crippen molar-refractivity contribution in [2.24, 2.45) is 5.92 Å². The molecule has 1 rings (SSSR count). The van der Waals surface area contributed by atoms with Gasteiger partial charge in [-0.2, -0.15) is 0 Å². The Bertz CT molecular complexity index is 463. The lowest BCUT2D eigenvalue weighted by Crippen LogP contribution is -2.02. The number of rotatable bonds is 6. The Morgan fingerprint density at radius 3 is 2.11 bits per heavy atom. The van der Waals surface area contributed by atoms with E-state index in [0.29, 0.717) is 12.0 Å². The maximum atomic E-state index is 13.8. The van der Waals surface area contributed by atoms with Crippen molar-refractivity contribution in [2.75, 3.05) is 0 Å². The molecular formula is C17H22F2. The molecule has 104 valence electrons. The molecule has 0 fully saturated rings. The van der Waals surface area contributed by atoms with E-state index in [-0.39, 0.29) is 11.5 Å². The maximum absolute atomic E-state index is 13.8. The second-order valence-electron chi connectivity index (χ2n) is 5.01. The highest BCUT2D eigenvalue weighted by Gasteiger charge is 2.15. The molecule has 0 nitrogen and oxygen atoms in total. The van der Waals surface area contributed by atoms with Crippen LogP contribution in [0.4, 0.5) is 8.78 Å². The lowest BCUT2D eigenvalue weighted by molar-refractivity contribution is 0.557. The van der Waals surface area contributed by atoms with Gasteiger partial charge in [-0.3, -0.25) is 0 Å². The highest BCUT2D eigenvalue weighted by atomic mass is 19.1. The first-order valence-electron chi connectivity index (χ1n) is 6.74. The lowest BCUT2D eigenvalue weighted by atomic mass is 9.89. The van der Waals surface area contributed by atoms with Crippen molar-refractivity contribution < 1.29 is 8.78 Å². The molecule has 0 amide bonds. The molecule has 0 saturated heterocycles. The number of hydrogen-bond acceptors (Lipinski definition) is 0. The van der Waals surface area contributed by atoms with E-state index in [2.05, 4.69) is 13.2 Å². The van der Waals surface area contributed by atoms with E-state index in [1.165, 1.54) is 12.1 Å². The van der Waals surface area contributed by atoms with Crippen LogP contribution in [-0.4, -0.2) is 0 Å². The van der Waals surface area contributed by atoms with Crippen LogP contribution in [0.15, 0.2) is 30.9 Å². The third kappa shape index (κ3) is 3.76. The first kappa shape index (κ1) is 15.6. The van der Waals surface area contributed by atoms with Gasteiger partial charge in [0.15, 0.2) is 0 Å². The van der Waals surface area contributed by atoms with Gasteiger partial charge in [-0.25, -0.2) is 8.78 Å². The zero-order valence-corrected chi connectivity index (χ0v) is 12.0. The van der Waals surface area contributed by atoms with Gasteiger partial charge in [-0.05, 0) is 48.4 Å². The van der Waals surface area contributed by atoms with Crippen LogP contribution >= 0.6 is 0 Å². The third-order valence-electron chi connectivity index (χ3n) is 3.56. The van der Waals surface area contributed by atoms with Gasteiger partial charge >= 0.3 is 0 Å². The Hall–Kier alpha value is -1.44. The lowest BCUT2D eigenvalue weighted by Gasteiger charge is -2.17. The smallest absolute Gasteiger partial charge is 0.129 e. The van der Waals surface area contributed by atoms with E-state index in [0.717, 1.165) is 24.0 Å². The first-order chi connectivity index (χ1) is 8.90. The Balaban J connectivity index is 2.97. The highest BCUT2D eigenvalue weighted by Crippen LogP contribution is 2.29. The second-order valence-corrected chi connectivity index (χ2v) is 5.01. The van der Waals surface area contributed by atoms with Crippen LogP contribution < -0.4 is 0 Å². The number of halogens is 2. The minimum absolute atomic E-state index is 0.138. The number of benzene rings is 1. The molecule has 2 heteroatoms. The summed E-state index contributed by atoms with van der Waals surface area (Å²) < 4.78 is 27.5. The molecule has 0 aliphatic rings. The summed E-state index contributed by atoms with van der Waals surface area (Å²) in [5.74, 6) is -0.834. The average molecular weight is 264 g/mol. The van der Waals surface area contributed by atoms with Gasteiger partial charge in [0, 0.05) is 5.56 Å². The molecule has 1 aromatic rings. The van der Waals surface area contributed by atoms with Gasteiger partial charge in [0.25, 0.3) is 0 Å². The predicted octanol–water partition coefficient (Wildman–Crippen LogP) is 5.53. The number of hydrogen-bond donors (Lipinski definition) is 0. The number of allylic oxidation sites excluding steroid dienone is 2. The monoisotopic (exact) mass is 264 g/mol. The molecule has 0 saturated carbocycles. The zero-order valence-electron chi connectivity index (χ0n) is 12.0. The zero-order chi connectivity index (χ0) is 14.6. The van der Waals surface area contributed by atoms with Crippen LogP contribution in [0.25, 0.3) is 5.57 Å². The molecule has 1 unspecified atom stereocenters. The van der Waals surface area contributed by atoms with E-state index in [1.54, 1.807) is 6.92 Å². The van der Waals surface area contributed by atoms with Crippen molar-refractivity contribution in [1.29, 1.82) is 0 Å². The molecule has 0 spiro atoms. The summed E-state index contributed by atoms with van der Waals surface area (Å²) in [5, 5.41) is 0. The van der Waals surface area contributed by atoms with Crippen LogP contribution in [0.5, 0.6) is 0 Å². The van der Waals surface area contributed by atoms with Crippen LogP contribution in [0.3, 0.4) is 0 Å². The Labute approximate surface area is 114 Å². The first-order valence-corrected chi connectivity index (χ1v) is 6.74. The fraction of sp³-hybridized carbons (Fsp3) is 0.412. The molecule has 0 N–H and O–H groups in total. The summed E-state index contributed by atoms with van der Waals surface area (Å²) in [6, 6.07) is 2.77. The van der Waals surface area contributed by atoms with E-state index in [1.807, 2.05) is 13.8 Å². The SMILES string of the molecule is C=C(CC)CC(C)C(=C)c1cc(F)c(CC)c(F)c1. The summed E-state index contributed by atoms with van der Waals surface area (Å²) in [7, 11) is 0. The van der Waals surface area contributed by atoms with Gasteiger partial charge in [-0.1, -0.05) is 39.5 Å². The standard InChI is InChI=1S/C17H22F2/c1-6-11(3)8-12(4)13(5)14-9-16(18)15(7-2)17(19)10-14/h9-10,12H,3,5-8H2,1-2,4H3. The Morgan fingerprint density at radius 1 is 1.16 bits per heavy atom. The van der Waals surface area contributed by atoms with Crippen molar-refractivity contribution in [3.8, 4) is 0 Å². The van der Waals surface area contributed by atoms with Crippen LogP contribution in [0.1, 0.15) is 44.7 Å². The quantitative estimate of drug-likeness (QED) is 0.592. The van der Waals surface area contributed by atoms with Crippen LogP contribution in [0, 0.1) is 17.6 Å². The molecule has 1 aromatic carbocycles. The van der Waals surface area contributed by atoms with E-state index >= 15 is 0 Å². The normalized spacial score (nSPS) is 12.3. The average Bonchev–Trinajstić information content (AvgIpc) is 2.37. The van der Waals surface area contributed by atoms with Gasteiger partial charge in [0.05, 0.1) is 0 Å². The van der Waals surface area contributed by atoms with E-state index in [4.69, 9.17) is 0 Å². The van der Waals surface area contributed by atoms with Crippen molar-refractivity contribution in [2.45, 2.75) is 40.0 Å². The molecule has 0 aliphatic carbocycles. The second kappa shape index (κ2) is 6.65.